The number of aromatic nitrogens is 3. The lowest BCUT2D eigenvalue weighted by molar-refractivity contribution is 1.18. The van der Waals surface area contributed by atoms with Crippen LogP contribution < -0.4 is 0 Å². The molecule has 0 fully saturated rings. The van der Waals surface area contributed by atoms with E-state index in [2.05, 4.69) is 138 Å². The highest BCUT2D eigenvalue weighted by Crippen LogP contribution is 2.32. The molecule has 3 heteroatoms. The molecule has 0 radical (unpaired) electrons. The van der Waals surface area contributed by atoms with E-state index >= 15 is 0 Å². The lowest BCUT2D eigenvalue weighted by Gasteiger charge is -2.12. The van der Waals surface area contributed by atoms with Crippen LogP contribution in [0.3, 0.4) is 0 Å². The largest absolute Gasteiger partial charge is 0.264 e. The van der Waals surface area contributed by atoms with Crippen LogP contribution in [0, 0.1) is 0 Å². The topological polar surface area (TPSA) is 38.7 Å². The predicted octanol–water partition coefficient (Wildman–Crippen LogP) is 11.0. The Morgan fingerprint density at radius 3 is 1.26 bits per heavy atom. The summed E-state index contributed by atoms with van der Waals surface area (Å²) in [5, 5.41) is 0. The standard InChI is InChI=1S/C43H31N3/c1-2-4-7-14-32(15-8-5-3-1)34-23-25-35(26-24-34)43-45-41(38-20-11-18-36(28-38)33-16-9-6-10-17-33)30-42(46-43)39-21-12-19-37(29-39)40-22-13-27-44-31-40/h1-31H. The first-order valence-corrected chi connectivity index (χ1v) is 15.4. The van der Waals surface area contributed by atoms with Gasteiger partial charge in [0.2, 0.25) is 0 Å². The van der Waals surface area contributed by atoms with Crippen LogP contribution in [0.4, 0.5) is 0 Å². The van der Waals surface area contributed by atoms with Gasteiger partial charge in [0.05, 0.1) is 11.4 Å². The molecular formula is C43H31N3. The lowest BCUT2D eigenvalue weighted by atomic mass is 9.99. The van der Waals surface area contributed by atoms with Gasteiger partial charge in [-0.2, -0.15) is 0 Å². The van der Waals surface area contributed by atoms with Gasteiger partial charge in [-0.25, -0.2) is 9.97 Å². The van der Waals surface area contributed by atoms with Crippen molar-refractivity contribution in [2.45, 2.75) is 0 Å². The quantitative estimate of drug-likeness (QED) is 0.194. The second kappa shape index (κ2) is 13.6. The van der Waals surface area contributed by atoms with Crippen molar-refractivity contribution in [3.63, 3.8) is 0 Å². The maximum absolute atomic E-state index is 5.13. The lowest BCUT2D eigenvalue weighted by Crippen LogP contribution is -1.96. The fourth-order valence-electron chi connectivity index (χ4n) is 5.45. The Kier molecular flexibility index (Phi) is 8.46. The molecule has 7 aromatic rings. The second-order valence-electron chi connectivity index (χ2n) is 10.9. The van der Waals surface area contributed by atoms with Crippen molar-refractivity contribution in [2.75, 3.05) is 0 Å². The summed E-state index contributed by atoms with van der Waals surface area (Å²) in [4.78, 5) is 14.6. The van der Waals surface area contributed by atoms with E-state index in [1.165, 1.54) is 5.56 Å². The van der Waals surface area contributed by atoms with Crippen molar-refractivity contribution in [2.24, 2.45) is 0 Å². The zero-order valence-corrected chi connectivity index (χ0v) is 25.2. The summed E-state index contributed by atoms with van der Waals surface area (Å²) >= 11 is 0. The first kappa shape index (κ1) is 28.6. The van der Waals surface area contributed by atoms with E-state index in [1.807, 2.05) is 48.7 Å². The molecule has 2 heterocycles. The maximum Gasteiger partial charge on any atom is 0.160 e. The molecule has 0 unspecified atom stereocenters. The van der Waals surface area contributed by atoms with Crippen LogP contribution in [-0.4, -0.2) is 15.0 Å². The van der Waals surface area contributed by atoms with Gasteiger partial charge in [0.15, 0.2) is 5.82 Å². The number of hydrogen-bond acceptors (Lipinski definition) is 3. The Labute approximate surface area is 269 Å². The fourth-order valence-corrected chi connectivity index (χ4v) is 5.45. The van der Waals surface area contributed by atoms with Crippen molar-refractivity contribution in [1.82, 2.24) is 15.0 Å². The third-order valence-corrected chi connectivity index (χ3v) is 7.84. The average molecular weight is 590 g/mol. The molecule has 0 N–H and O–H groups in total. The zero-order valence-electron chi connectivity index (χ0n) is 25.2. The Balaban J connectivity index is 1.33. The second-order valence-corrected chi connectivity index (χ2v) is 10.9. The number of rotatable bonds is 6. The van der Waals surface area contributed by atoms with Gasteiger partial charge in [-0.3, -0.25) is 4.98 Å². The number of hydrogen-bond donors (Lipinski definition) is 0. The molecule has 0 bridgehead atoms. The molecule has 46 heavy (non-hydrogen) atoms. The number of pyridine rings is 1. The number of nitrogens with zero attached hydrogens (tertiary/aromatic N) is 3. The van der Waals surface area contributed by atoms with E-state index < -0.39 is 0 Å². The number of benzene rings is 4. The van der Waals surface area contributed by atoms with Crippen molar-refractivity contribution >= 4 is 0 Å². The zero-order chi connectivity index (χ0) is 31.0. The molecule has 0 spiro atoms. The van der Waals surface area contributed by atoms with Gasteiger partial charge in [0.1, 0.15) is 0 Å². The molecule has 0 aliphatic rings. The van der Waals surface area contributed by atoms with Crippen LogP contribution in [0.2, 0.25) is 0 Å². The summed E-state index contributed by atoms with van der Waals surface area (Å²) < 4.78 is 0. The molecular weight excluding hydrogens is 558 g/mol. The Morgan fingerprint density at radius 2 is 0.696 bits per heavy atom. The van der Waals surface area contributed by atoms with Gasteiger partial charge >= 0.3 is 0 Å². The van der Waals surface area contributed by atoms with Crippen molar-refractivity contribution in [3.05, 3.63) is 188 Å². The van der Waals surface area contributed by atoms with E-state index in [9.17, 15) is 0 Å². The van der Waals surface area contributed by atoms with Gasteiger partial charge < -0.3 is 0 Å². The van der Waals surface area contributed by atoms with E-state index in [0.29, 0.717) is 5.82 Å². The molecule has 3 nitrogen and oxygen atoms in total. The van der Waals surface area contributed by atoms with Crippen molar-refractivity contribution < 1.29 is 0 Å². The SMILES string of the molecule is c1ccccc(-c2ccc(-c3nc(-c4cccc(-c5ccccc5)c4)cc(-c4cccc(-c5cccnc5)c4)n3)cc2)cccc1. The highest BCUT2D eigenvalue weighted by molar-refractivity contribution is 5.78. The van der Waals surface area contributed by atoms with Crippen LogP contribution in [0.5, 0.6) is 0 Å². The first-order valence-electron chi connectivity index (χ1n) is 15.4. The van der Waals surface area contributed by atoms with Gasteiger partial charge in [0.25, 0.3) is 0 Å². The van der Waals surface area contributed by atoms with Gasteiger partial charge in [0, 0.05) is 34.6 Å². The minimum absolute atomic E-state index is 0.680. The van der Waals surface area contributed by atoms with E-state index in [-0.39, 0.29) is 0 Å². The van der Waals surface area contributed by atoms with Crippen molar-refractivity contribution in [1.29, 1.82) is 0 Å². The van der Waals surface area contributed by atoms with E-state index in [0.717, 1.165) is 55.9 Å². The van der Waals surface area contributed by atoms with Crippen LogP contribution in [-0.2, 0) is 0 Å². The minimum atomic E-state index is 0.680. The van der Waals surface area contributed by atoms with E-state index in [4.69, 9.17) is 9.97 Å². The summed E-state index contributed by atoms with van der Waals surface area (Å²) in [6, 6.07) is 60.6. The Morgan fingerprint density at radius 1 is 0.283 bits per heavy atom. The summed E-state index contributed by atoms with van der Waals surface area (Å²) in [5.74, 6) is 0.680. The summed E-state index contributed by atoms with van der Waals surface area (Å²) in [6.45, 7) is 0. The minimum Gasteiger partial charge on any atom is -0.264 e. The molecule has 0 aliphatic heterocycles. The Hall–Kier alpha value is -6.19. The average Bonchev–Trinajstić information content (AvgIpc) is 3.14. The molecule has 5 aromatic carbocycles. The van der Waals surface area contributed by atoms with Crippen LogP contribution in [0.1, 0.15) is 0 Å². The fraction of sp³-hybridized carbons (Fsp3) is 0. The maximum atomic E-state index is 5.13. The van der Waals surface area contributed by atoms with Gasteiger partial charge in [-0.1, -0.05) is 152 Å². The van der Waals surface area contributed by atoms with E-state index in [1.54, 1.807) is 6.20 Å². The summed E-state index contributed by atoms with van der Waals surface area (Å²) in [7, 11) is 0. The molecule has 0 aliphatic carbocycles. The highest BCUT2D eigenvalue weighted by Gasteiger charge is 2.13. The molecule has 2 aromatic heterocycles. The Bertz CT molecular complexity index is 2010. The third-order valence-electron chi connectivity index (χ3n) is 7.84. The molecule has 218 valence electrons. The summed E-state index contributed by atoms with van der Waals surface area (Å²) in [5.41, 5.74) is 11.5. The third kappa shape index (κ3) is 6.64. The molecule has 0 saturated heterocycles. The first-order chi connectivity index (χ1) is 22.8. The predicted molar refractivity (Wildman–Crippen MR) is 190 cm³/mol. The normalized spacial score (nSPS) is 10.6. The molecule has 7 rings (SSSR count). The van der Waals surface area contributed by atoms with Gasteiger partial charge in [-0.05, 0) is 52.1 Å². The monoisotopic (exact) mass is 589 g/mol. The van der Waals surface area contributed by atoms with Crippen LogP contribution >= 0.6 is 0 Å². The molecule has 0 amide bonds. The smallest absolute Gasteiger partial charge is 0.160 e. The van der Waals surface area contributed by atoms with Crippen LogP contribution in [0.15, 0.2) is 188 Å². The van der Waals surface area contributed by atoms with Gasteiger partial charge in [-0.15, -0.1) is 0 Å². The molecule has 0 atom stereocenters. The van der Waals surface area contributed by atoms with Crippen molar-refractivity contribution in [3.8, 4) is 67.3 Å². The highest BCUT2D eigenvalue weighted by atomic mass is 14.9. The molecule has 0 saturated carbocycles. The van der Waals surface area contributed by atoms with Crippen LogP contribution in [0.25, 0.3) is 67.3 Å². The summed E-state index contributed by atoms with van der Waals surface area (Å²) in [6.07, 6.45) is 3.68.